The van der Waals surface area contributed by atoms with Gasteiger partial charge < -0.3 is 10.1 Å². The van der Waals surface area contributed by atoms with Crippen molar-refractivity contribution in [3.63, 3.8) is 0 Å². The average Bonchev–Trinajstić information content (AvgIpc) is 3.09. The number of nitrogens with one attached hydrogen (secondary N) is 1. The molecule has 1 amide bonds. The van der Waals surface area contributed by atoms with Crippen LogP contribution in [-0.4, -0.2) is 17.0 Å². The molecule has 1 saturated heterocycles. The SMILES string of the molecule is Cc1ccc(N=C2NC(=O)/C(=C/c3ccc(OC(=O)c4ccc(Cl)cc4Cl)cc3)S2)cc1. The van der Waals surface area contributed by atoms with E-state index in [1.54, 1.807) is 36.4 Å². The highest BCUT2D eigenvalue weighted by atomic mass is 35.5. The molecule has 32 heavy (non-hydrogen) atoms. The van der Waals surface area contributed by atoms with Crippen LogP contribution in [0, 0.1) is 6.92 Å². The fourth-order valence-corrected chi connectivity index (χ4v) is 4.15. The fraction of sp³-hybridized carbons (Fsp3) is 0.0417. The molecule has 1 N–H and O–H groups in total. The zero-order chi connectivity index (χ0) is 22.7. The Morgan fingerprint density at radius 2 is 1.75 bits per heavy atom. The molecule has 4 rings (SSSR count). The summed E-state index contributed by atoms with van der Waals surface area (Å²) >= 11 is 13.2. The van der Waals surface area contributed by atoms with Crippen molar-refractivity contribution in [2.24, 2.45) is 4.99 Å². The van der Waals surface area contributed by atoms with E-state index in [1.165, 1.54) is 23.9 Å². The molecule has 1 aliphatic heterocycles. The van der Waals surface area contributed by atoms with Gasteiger partial charge in [0.05, 0.1) is 21.2 Å². The number of benzene rings is 3. The summed E-state index contributed by atoms with van der Waals surface area (Å²) in [5, 5.41) is 3.94. The predicted molar refractivity (Wildman–Crippen MR) is 130 cm³/mol. The molecule has 0 aliphatic carbocycles. The van der Waals surface area contributed by atoms with Gasteiger partial charge in [0.25, 0.3) is 5.91 Å². The fourth-order valence-electron chi connectivity index (χ4n) is 2.82. The lowest BCUT2D eigenvalue weighted by molar-refractivity contribution is -0.115. The molecule has 8 heteroatoms. The van der Waals surface area contributed by atoms with Crippen LogP contribution >= 0.6 is 35.0 Å². The first-order chi connectivity index (χ1) is 15.4. The minimum Gasteiger partial charge on any atom is -0.423 e. The lowest BCUT2D eigenvalue weighted by atomic mass is 10.2. The second kappa shape index (κ2) is 9.61. The van der Waals surface area contributed by atoms with Gasteiger partial charge in [-0.1, -0.05) is 53.0 Å². The van der Waals surface area contributed by atoms with Crippen molar-refractivity contribution in [3.05, 3.63) is 98.4 Å². The van der Waals surface area contributed by atoms with Crippen molar-refractivity contribution in [1.82, 2.24) is 5.32 Å². The number of ether oxygens (including phenoxy) is 1. The van der Waals surface area contributed by atoms with E-state index < -0.39 is 5.97 Å². The first-order valence-corrected chi connectivity index (χ1v) is 11.1. The molecule has 3 aromatic carbocycles. The molecule has 0 saturated carbocycles. The molecule has 5 nitrogen and oxygen atoms in total. The monoisotopic (exact) mass is 482 g/mol. The molecule has 0 radical (unpaired) electrons. The number of nitrogens with zero attached hydrogens (tertiary/aromatic N) is 1. The molecular formula is C24H16Cl2N2O3S. The van der Waals surface area contributed by atoms with E-state index in [1.807, 2.05) is 31.2 Å². The second-order valence-corrected chi connectivity index (χ2v) is 8.77. The average molecular weight is 483 g/mol. The number of esters is 1. The summed E-state index contributed by atoms with van der Waals surface area (Å²) in [7, 11) is 0. The number of amides is 1. The Labute approximate surface area is 199 Å². The molecule has 0 atom stereocenters. The van der Waals surface area contributed by atoms with Gasteiger partial charge in [0.2, 0.25) is 0 Å². The van der Waals surface area contributed by atoms with Crippen LogP contribution < -0.4 is 10.1 Å². The molecule has 160 valence electrons. The van der Waals surface area contributed by atoms with E-state index in [-0.39, 0.29) is 16.5 Å². The van der Waals surface area contributed by atoms with E-state index in [2.05, 4.69) is 10.3 Å². The van der Waals surface area contributed by atoms with Gasteiger partial charge in [-0.15, -0.1) is 0 Å². The van der Waals surface area contributed by atoms with Crippen molar-refractivity contribution >= 4 is 63.8 Å². The van der Waals surface area contributed by atoms with Crippen molar-refractivity contribution in [2.45, 2.75) is 6.92 Å². The number of rotatable bonds is 4. The van der Waals surface area contributed by atoms with E-state index in [0.717, 1.165) is 16.8 Å². The van der Waals surface area contributed by atoms with Crippen LogP contribution in [0.15, 0.2) is 76.6 Å². The van der Waals surface area contributed by atoms with Crippen LogP contribution in [0.3, 0.4) is 0 Å². The summed E-state index contributed by atoms with van der Waals surface area (Å²) in [5.74, 6) is -0.442. The standard InChI is InChI=1S/C24H16Cl2N2O3S/c1-14-2-7-17(8-3-14)27-24-28-22(29)21(32-24)12-15-4-9-18(10-5-15)31-23(30)19-11-6-16(25)13-20(19)26/h2-13H,1H3,(H,27,28,29)/b21-12-. The highest BCUT2D eigenvalue weighted by Crippen LogP contribution is 2.29. The molecule has 1 aliphatic rings. The number of hydrogen-bond donors (Lipinski definition) is 1. The van der Waals surface area contributed by atoms with Gasteiger partial charge in [0.1, 0.15) is 5.75 Å². The minimum absolute atomic E-state index is 0.214. The third-order valence-corrected chi connectivity index (χ3v) is 5.91. The summed E-state index contributed by atoms with van der Waals surface area (Å²) in [6.07, 6.45) is 1.75. The summed E-state index contributed by atoms with van der Waals surface area (Å²) in [6, 6.07) is 19.1. The normalized spacial score (nSPS) is 15.8. The highest BCUT2D eigenvalue weighted by molar-refractivity contribution is 8.18. The number of aliphatic imine (C=N–C) groups is 1. The molecule has 3 aromatic rings. The van der Waals surface area contributed by atoms with Gasteiger partial charge in [-0.05, 0) is 72.8 Å². The maximum absolute atomic E-state index is 12.3. The number of halogens is 2. The Balaban J connectivity index is 1.44. The van der Waals surface area contributed by atoms with Crippen LogP contribution in [0.5, 0.6) is 5.75 Å². The number of amidine groups is 1. The summed E-state index contributed by atoms with van der Waals surface area (Å²) < 4.78 is 5.37. The molecule has 0 bridgehead atoms. The zero-order valence-electron chi connectivity index (χ0n) is 16.8. The number of carbonyl (C=O) groups excluding carboxylic acids is 2. The Hall–Kier alpha value is -3.06. The van der Waals surface area contributed by atoms with Crippen molar-refractivity contribution in [3.8, 4) is 5.75 Å². The van der Waals surface area contributed by atoms with Crippen LogP contribution in [0.1, 0.15) is 21.5 Å². The molecule has 0 unspecified atom stereocenters. The zero-order valence-corrected chi connectivity index (χ0v) is 19.1. The van der Waals surface area contributed by atoms with E-state index in [0.29, 0.717) is 20.8 Å². The van der Waals surface area contributed by atoms with E-state index in [4.69, 9.17) is 27.9 Å². The summed E-state index contributed by atoms with van der Waals surface area (Å²) in [5.41, 5.74) is 2.92. The van der Waals surface area contributed by atoms with E-state index in [9.17, 15) is 9.59 Å². The Kier molecular flexibility index (Phi) is 6.65. The molecular weight excluding hydrogens is 467 g/mol. The van der Waals surface area contributed by atoms with Gasteiger partial charge >= 0.3 is 5.97 Å². The first kappa shape index (κ1) is 22.1. The van der Waals surface area contributed by atoms with Gasteiger partial charge in [-0.2, -0.15) is 0 Å². The third kappa shape index (κ3) is 5.40. The largest absolute Gasteiger partial charge is 0.423 e. The van der Waals surface area contributed by atoms with Gasteiger partial charge in [-0.3, -0.25) is 4.79 Å². The number of aryl methyl sites for hydroxylation is 1. The van der Waals surface area contributed by atoms with Crippen LogP contribution in [0.25, 0.3) is 6.08 Å². The maximum atomic E-state index is 12.3. The molecule has 1 heterocycles. The molecule has 0 spiro atoms. The number of thioether (sulfide) groups is 1. The van der Waals surface area contributed by atoms with E-state index >= 15 is 0 Å². The summed E-state index contributed by atoms with van der Waals surface area (Å²) in [6.45, 7) is 2.00. The smallest absolute Gasteiger partial charge is 0.345 e. The quantitative estimate of drug-likeness (QED) is 0.265. The minimum atomic E-state index is -0.583. The lowest BCUT2D eigenvalue weighted by Crippen LogP contribution is -2.19. The highest BCUT2D eigenvalue weighted by Gasteiger charge is 2.23. The third-order valence-electron chi connectivity index (χ3n) is 4.45. The van der Waals surface area contributed by atoms with Crippen LogP contribution in [0.4, 0.5) is 5.69 Å². The van der Waals surface area contributed by atoms with Gasteiger partial charge in [0.15, 0.2) is 5.17 Å². The predicted octanol–water partition coefficient (Wildman–Crippen LogP) is 6.41. The Morgan fingerprint density at radius 3 is 2.44 bits per heavy atom. The van der Waals surface area contributed by atoms with Crippen LogP contribution in [0.2, 0.25) is 10.0 Å². The second-order valence-electron chi connectivity index (χ2n) is 6.90. The number of hydrogen-bond acceptors (Lipinski definition) is 5. The molecule has 1 fully saturated rings. The number of carbonyl (C=O) groups is 2. The van der Waals surface area contributed by atoms with Crippen LogP contribution in [-0.2, 0) is 4.79 Å². The maximum Gasteiger partial charge on any atom is 0.345 e. The molecule has 0 aromatic heterocycles. The summed E-state index contributed by atoms with van der Waals surface area (Å²) in [4.78, 5) is 29.6. The van der Waals surface area contributed by atoms with Gasteiger partial charge in [0, 0.05) is 5.02 Å². The van der Waals surface area contributed by atoms with Crippen molar-refractivity contribution < 1.29 is 14.3 Å². The van der Waals surface area contributed by atoms with Gasteiger partial charge in [-0.25, -0.2) is 9.79 Å². The lowest BCUT2D eigenvalue weighted by Gasteiger charge is -2.06. The Bertz CT molecular complexity index is 1250. The topological polar surface area (TPSA) is 67.8 Å². The van der Waals surface area contributed by atoms with Crippen molar-refractivity contribution in [1.29, 1.82) is 0 Å². The Morgan fingerprint density at radius 1 is 1.03 bits per heavy atom. The first-order valence-electron chi connectivity index (χ1n) is 9.51. The van der Waals surface area contributed by atoms with Crippen molar-refractivity contribution in [2.75, 3.05) is 0 Å².